The smallest absolute Gasteiger partial charge is 0.285 e. The Morgan fingerprint density at radius 1 is 0.808 bits per heavy atom. The summed E-state index contributed by atoms with van der Waals surface area (Å²) < 4.78 is 26.5. The van der Waals surface area contributed by atoms with Gasteiger partial charge in [-0.3, -0.25) is 9.05 Å². The van der Waals surface area contributed by atoms with Gasteiger partial charge >= 0.3 is 7.82 Å². The van der Waals surface area contributed by atoms with Crippen LogP contribution in [0.3, 0.4) is 0 Å². The van der Waals surface area contributed by atoms with Crippen LogP contribution in [0.25, 0.3) is 0 Å². The van der Waals surface area contributed by atoms with Gasteiger partial charge in [0.05, 0.1) is 13.2 Å². The van der Waals surface area contributed by atoms with E-state index in [4.69, 9.17) is 9.05 Å². The van der Waals surface area contributed by atoms with E-state index in [0.29, 0.717) is 13.2 Å². The molecule has 0 bridgehead atoms. The van der Waals surface area contributed by atoms with Gasteiger partial charge in [-0.1, -0.05) is 76.9 Å². The molecule has 1 aliphatic rings. The first kappa shape index (κ1) is 23.8. The minimum absolute atomic E-state index is 0.255. The topological polar surface area (TPSA) is 54.0 Å². The van der Waals surface area contributed by atoms with E-state index in [9.17, 15) is 4.57 Å². The third-order valence-electron chi connectivity index (χ3n) is 4.47. The largest absolute Gasteiger partial charge is 0.502 e. The van der Waals surface area contributed by atoms with E-state index >= 15 is 0 Å². The zero-order chi connectivity index (χ0) is 18.8. The average Bonchev–Trinajstić information content (AvgIpc) is 2.65. The van der Waals surface area contributed by atoms with Crippen molar-refractivity contribution in [3.63, 3.8) is 0 Å². The summed E-state index contributed by atoms with van der Waals surface area (Å²) in [4.78, 5) is 4.65. The SMILES string of the molecule is CCCCCCCC/C=C\CCCCCCCCOP1(=O)OCCOO1. The summed E-state index contributed by atoms with van der Waals surface area (Å²) in [5.74, 6) is 0. The van der Waals surface area contributed by atoms with Gasteiger partial charge in [0, 0.05) is 0 Å². The van der Waals surface area contributed by atoms with Crippen molar-refractivity contribution in [1.82, 2.24) is 0 Å². The number of phosphoric acid groups is 1. The van der Waals surface area contributed by atoms with Gasteiger partial charge in [-0.2, -0.15) is 0 Å². The Labute approximate surface area is 160 Å². The average molecular weight is 391 g/mol. The van der Waals surface area contributed by atoms with Crippen LogP contribution in [0.4, 0.5) is 0 Å². The highest BCUT2D eigenvalue weighted by Gasteiger charge is 2.31. The summed E-state index contributed by atoms with van der Waals surface area (Å²) >= 11 is 0. The molecule has 1 saturated heterocycles. The van der Waals surface area contributed by atoms with E-state index < -0.39 is 7.82 Å². The van der Waals surface area contributed by atoms with Gasteiger partial charge < -0.3 is 0 Å². The molecule has 1 atom stereocenters. The summed E-state index contributed by atoms with van der Waals surface area (Å²) in [5.41, 5.74) is 0. The number of allylic oxidation sites excluding steroid dienone is 2. The highest BCUT2D eigenvalue weighted by molar-refractivity contribution is 7.48. The highest BCUT2D eigenvalue weighted by atomic mass is 31.2. The predicted octanol–water partition coefficient (Wildman–Crippen LogP) is 7.13. The van der Waals surface area contributed by atoms with Gasteiger partial charge in [0.1, 0.15) is 6.61 Å². The Morgan fingerprint density at radius 2 is 1.38 bits per heavy atom. The molecule has 0 spiro atoms. The molecular weight excluding hydrogens is 351 g/mol. The molecule has 154 valence electrons. The third kappa shape index (κ3) is 13.9. The second-order valence-corrected chi connectivity index (χ2v) is 8.51. The van der Waals surface area contributed by atoms with Crippen LogP contribution >= 0.6 is 7.82 Å². The standard InChI is InChI=1S/C20H39O5P/c1-2-3-4-5-6-7-8-9-10-11-12-13-14-15-16-17-18-23-26(21)24-20-19-22-25-26/h9-10H,2-8,11-20H2,1H3/b10-9-. The van der Waals surface area contributed by atoms with Crippen LogP contribution in [0.2, 0.25) is 0 Å². The highest BCUT2D eigenvalue weighted by Crippen LogP contribution is 2.51. The Bertz CT molecular complexity index is 376. The molecule has 0 N–H and O–H groups in total. The Morgan fingerprint density at radius 3 is 1.96 bits per heavy atom. The van der Waals surface area contributed by atoms with Crippen molar-refractivity contribution in [2.75, 3.05) is 19.8 Å². The molecule has 1 heterocycles. The maximum Gasteiger partial charge on any atom is 0.502 e. The fourth-order valence-electron chi connectivity index (χ4n) is 2.89. The van der Waals surface area contributed by atoms with Gasteiger partial charge in [0.2, 0.25) is 0 Å². The summed E-state index contributed by atoms with van der Waals surface area (Å²) in [6.45, 7) is 3.20. The summed E-state index contributed by atoms with van der Waals surface area (Å²) in [6.07, 6.45) is 22.4. The molecule has 6 heteroatoms. The molecule has 0 radical (unpaired) electrons. The van der Waals surface area contributed by atoms with Crippen molar-refractivity contribution in [1.29, 1.82) is 0 Å². The summed E-state index contributed by atoms with van der Waals surface area (Å²) in [7, 11) is -3.43. The molecule has 0 amide bonds. The fourth-order valence-corrected chi connectivity index (χ4v) is 3.91. The van der Waals surface area contributed by atoms with Gasteiger partial charge in [-0.15, -0.1) is 4.67 Å². The van der Waals surface area contributed by atoms with Gasteiger partial charge in [0.15, 0.2) is 0 Å². The number of unbranched alkanes of at least 4 members (excludes halogenated alkanes) is 12. The molecule has 1 aliphatic heterocycles. The normalized spacial score (nSPS) is 20.8. The van der Waals surface area contributed by atoms with Crippen molar-refractivity contribution >= 4 is 7.82 Å². The number of hydrogen-bond donors (Lipinski definition) is 0. The van der Waals surface area contributed by atoms with Crippen molar-refractivity contribution in [2.45, 2.75) is 96.8 Å². The summed E-state index contributed by atoms with van der Waals surface area (Å²) in [6, 6.07) is 0. The van der Waals surface area contributed by atoms with E-state index in [1.54, 1.807) is 0 Å². The molecule has 0 aromatic carbocycles. The monoisotopic (exact) mass is 390 g/mol. The lowest BCUT2D eigenvalue weighted by molar-refractivity contribution is -0.253. The molecule has 0 aliphatic carbocycles. The number of hydrogen-bond acceptors (Lipinski definition) is 5. The Kier molecular flexibility index (Phi) is 15.5. The molecule has 0 aromatic heterocycles. The first-order chi connectivity index (χ1) is 12.8. The van der Waals surface area contributed by atoms with Crippen molar-refractivity contribution in [3.8, 4) is 0 Å². The van der Waals surface area contributed by atoms with Crippen LogP contribution in [0, 0.1) is 0 Å². The van der Waals surface area contributed by atoms with Gasteiger partial charge in [0.25, 0.3) is 0 Å². The minimum Gasteiger partial charge on any atom is -0.285 e. The van der Waals surface area contributed by atoms with Gasteiger partial charge in [-0.05, 0) is 32.1 Å². The molecule has 0 saturated carbocycles. The zero-order valence-electron chi connectivity index (χ0n) is 16.7. The lowest BCUT2D eigenvalue weighted by atomic mass is 10.1. The molecule has 26 heavy (non-hydrogen) atoms. The van der Waals surface area contributed by atoms with Crippen LogP contribution < -0.4 is 0 Å². The molecule has 1 unspecified atom stereocenters. The van der Waals surface area contributed by atoms with E-state index in [2.05, 4.69) is 28.6 Å². The lowest BCUT2D eigenvalue weighted by Crippen LogP contribution is -2.13. The van der Waals surface area contributed by atoms with Crippen molar-refractivity contribution < 1.29 is 23.2 Å². The van der Waals surface area contributed by atoms with Crippen LogP contribution in [-0.2, 0) is 23.2 Å². The van der Waals surface area contributed by atoms with Crippen LogP contribution in [0.5, 0.6) is 0 Å². The van der Waals surface area contributed by atoms with Crippen LogP contribution in [-0.4, -0.2) is 19.8 Å². The van der Waals surface area contributed by atoms with Crippen molar-refractivity contribution in [3.05, 3.63) is 12.2 Å². The van der Waals surface area contributed by atoms with E-state index in [1.807, 2.05) is 0 Å². The second kappa shape index (κ2) is 16.9. The zero-order valence-corrected chi connectivity index (χ0v) is 17.6. The van der Waals surface area contributed by atoms with E-state index in [-0.39, 0.29) is 6.61 Å². The first-order valence-electron chi connectivity index (χ1n) is 10.6. The van der Waals surface area contributed by atoms with E-state index in [0.717, 1.165) is 12.8 Å². The number of rotatable bonds is 17. The maximum absolute atomic E-state index is 11.8. The third-order valence-corrected chi connectivity index (χ3v) is 5.75. The van der Waals surface area contributed by atoms with Crippen LogP contribution in [0.15, 0.2) is 12.2 Å². The Balaban J connectivity index is 1.76. The van der Waals surface area contributed by atoms with Crippen LogP contribution in [0.1, 0.15) is 96.8 Å². The molecule has 1 fully saturated rings. The predicted molar refractivity (Wildman–Crippen MR) is 106 cm³/mol. The minimum atomic E-state index is -3.43. The molecule has 5 nitrogen and oxygen atoms in total. The van der Waals surface area contributed by atoms with E-state index in [1.165, 1.54) is 77.0 Å². The first-order valence-corrected chi connectivity index (χ1v) is 12.1. The molecule has 0 aromatic rings. The number of phosphoric ester groups is 1. The maximum atomic E-state index is 11.8. The van der Waals surface area contributed by atoms with Gasteiger partial charge in [-0.25, -0.2) is 9.45 Å². The Hall–Kier alpha value is -0.190. The second-order valence-electron chi connectivity index (χ2n) is 6.95. The lowest BCUT2D eigenvalue weighted by Gasteiger charge is -2.20. The van der Waals surface area contributed by atoms with Crippen molar-refractivity contribution in [2.24, 2.45) is 0 Å². The molecular formula is C20H39O5P. The fraction of sp³-hybridized carbons (Fsp3) is 0.900. The quantitative estimate of drug-likeness (QED) is 0.114. The summed E-state index contributed by atoms with van der Waals surface area (Å²) in [5, 5.41) is 0. The molecule has 1 rings (SSSR count).